The van der Waals surface area contributed by atoms with Gasteiger partial charge in [0.25, 0.3) is 0 Å². The molecule has 2 aromatic carbocycles. The van der Waals surface area contributed by atoms with Crippen molar-refractivity contribution in [2.45, 2.75) is 71.1 Å². The number of carbonyl (C=O) groups is 4. The Kier molecular flexibility index (Phi) is 10.1. The van der Waals surface area contributed by atoms with Crippen LogP contribution in [0, 0.1) is 11.8 Å². The maximum absolute atomic E-state index is 14.2. The summed E-state index contributed by atoms with van der Waals surface area (Å²) in [5, 5.41) is 17.9. The summed E-state index contributed by atoms with van der Waals surface area (Å²) in [5.74, 6) is -2.74. The Morgan fingerprint density at radius 2 is 1.68 bits per heavy atom. The van der Waals surface area contributed by atoms with Crippen LogP contribution in [0.5, 0.6) is 0 Å². The Hall–Kier alpha value is -3.47. The van der Waals surface area contributed by atoms with Crippen LogP contribution < -0.4 is 16.4 Å². The maximum atomic E-state index is 14.2. The number of aryl methyl sites for hydroxylation is 1. The molecular formula is C31H36Cl3N5O5. The highest BCUT2D eigenvalue weighted by Crippen LogP contribution is 2.38. The first kappa shape index (κ1) is 33.4. The maximum Gasteiger partial charge on any atom is 0.408 e. The zero-order chi connectivity index (χ0) is 32.5. The molecule has 10 nitrogen and oxygen atoms in total. The summed E-state index contributed by atoms with van der Waals surface area (Å²) in [6.45, 7) is 6.89. The van der Waals surface area contributed by atoms with Crippen molar-refractivity contribution < 1.29 is 24.3 Å². The SMILES string of the molecule is CC(C)[C@H](NC(=O)[C@@]1(NC(=O)[C@H](C(C)C)N(Cc2ccc(Cl)cc2)C(=O)O)CCc2[nH]c3c(Cl)cc(Cl)cc3c2C1)C(N)=O. The molecule has 0 unspecified atom stereocenters. The fourth-order valence-electron chi connectivity index (χ4n) is 5.86. The highest BCUT2D eigenvalue weighted by molar-refractivity contribution is 6.38. The zero-order valence-corrected chi connectivity index (χ0v) is 27.1. The molecule has 4 amide bonds. The monoisotopic (exact) mass is 663 g/mol. The number of primary amides is 1. The molecule has 13 heteroatoms. The van der Waals surface area contributed by atoms with Gasteiger partial charge in [0.15, 0.2) is 0 Å². The first-order valence-electron chi connectivity index (χ1n) is 14.3. The van der Waals surface area contributed by atoms with Gasteiger partial charge in [0.05, 0.1) is 10.5 Å². The number of halogens is 3. The predicted molar refractivity (Wildman–Crippen MR) is 171 cm³/mol. The molecule has 0 saturated carbocycles. The minimum atomic E-state index is -1.55. The molecule has 0 aliphatic heterocycles. The van der Waals surface area contributed by atoms with Gasteiger partial charge in [-0.1, -0.05) is 74.6 Å². The number of nitrogens with zero attached hydrogens (tertiary/aromatic N) is 1. The molecule has 1 aromatic heterocycles. The second-order valence-corrected chi connectivity index (χ2v) is 13.2. The highest BCUT2D eigenvalue weighted by Gasteiger charge is 2.47. The minimum Gasteiger partial charge on any atom is -0.465 e. The number of benzene rings is 2. The second kappa shape index (κ2) is 13.3. The van der Waals surface area contributed by atoms with Crippen LogP contribution in [0.3, 0.4) is 0 Å². The molecule has 0 bridgehead atoms. The molecule has 4 rings (SSSR count). The number of aromatic amines is 1. The Morgan fingerprint density at radius 1 is 1.02 bits per heavy atom. The topological polar surface area (TPSA) is 158 Å². The van der Waals surface area contributed by atoms with Crippen molar-refractivity contribution >= 4 is 69.5 Å². The van der Waals surface area contributed by atoms with Crippen molar-refractivity contribution in [2.75, 3.05) is 0 Å². The standard InChI is InChI=1S/C31H36Cl3N5O5/c1-15(2)24(27(35)40)37-29(42)31(10-9-23-21(13-31)20-11-19(33)12-22(34)25(20)36-23)38-28(41)26(16(3)4)39(30(43)44)14-17-5-7-18(32)8-6-17/h5-8,11-12,15-16,24,26,36H,9-10,13-14H2,1-4H3,(H2,35,40)(H,37,42)(H,38,41)(H,43,44)/t24-,26-,31+/m0/s1. The Labute approximate surface area is 270 Å². The van der Waals surface area contributed by atoms with Gasteiger partial charge in [0, 0.05) is 34.1 Å². The summed E-state index contributed by atoms with van der Waals surface area (Å²) in [7, 11) is 0. The molecule has 3 aromatic rings. The van der Waals surface area contributed by atoms with Crippen LogP contribution >= 0.6 is 34.8 Å². The van der Waals surface area contributed by atoms with Gasteiger partial charge < -0.3 is 26.5 Å². The van der Waals surface area contributed by atoms with E-state index in [0.29, 0.717) is 38.0 Å². The summed E-state index contributed by atoms with van der Waals surface area (Å²) < 4.78 is 0. The molecular weight excluding hydrogens is 629 g/mol. The van der Waals surface area contributed by atoms with Crippen molar-refractivity contribution in [3.63, 3.8) is 0 Å². The van der Waals surface area contributed by atoms with Gasteiger partial charge in [0.2, 0.25) is 17.7 Å². The average Bonchev–Trinajstić information content (AvgIpc) is 3.29. The molecule has 0 fully saturated rings. The third-order valence-electron chi connectivity index (χ3n) is 8.11. The quantitative estimate of drug-likeness (QED) is 0.199. The van der Waals surface area contributed by atoms with Gasteiger partial charge in [-0.25, -0.2) is 4.79 Å². The first-order chi connectivity index (χ1) is 20.6. The lowest BCUT2D eigenvalue weighted by Gasteiger charge is -2.40. The van der Waals surface area contributed by atoms with Gasteiger partial charge >= 0.3 is 6.09 Å². The van der Waals surface area contributed by atoms with Gasteiger partial charge in [-0.2, -0.15) is 0 Å². The Bertz CT molecular complexity index is 1590. The van der Waals surface area contributed by atoms with Crippen LogP contribution in [-0.2, 0) is 33.8 Å². The third-order valence-corrected chi connectivity index (χ3v) is 8.87. The van der Waals surface area contributed by atoms with E-state index in [2.05, 4.69) is 15.6 Å². The summed E-state index contributed by atoms with van der Waals surface area (Å²) in [5.41, 5.74) is 6.94. The number of hydrogen-bond acceptors (Lipinski definition) is 4. The number of hydrogen-bond donors (Lipinski definition) is 5. The summed E-state index contributed by atoms with van der Waals surface area (Å²) in [6.07, 6.45) is -0.745. The van der Waals surface area contributed by atoms with Crippen molar-refractivity contribution in [1.29, 1.82) is 0 Å². The third kappa shape index (κ3) is 6.92. The summed E-state index contributed by atoms with van der Waals surface area (Å²) in [4.78, 5) is 57.5. The molecule has 1 aliphatic rings. The average molecular weight is 665 g/mol. The van der Waals surface area contributed by atoms with E-state index in [1.165, 1.54) is 0 Å². The molecule has 1 heterocycles. The van der Waals surface area contributed by atoms with Gasteiger partial charge in [0.1, 0.15) is 17.6 Å². The Morgan fingerprint density at radius 3 is 2.25 bits per heavy atom. The predicted octanol–water partition coefficient (Wildman–Crippen LogP) is 5.30. The lowest BCUT2D eigenvalue weighted by molar-refractivity contribution is -0.139. The summed E-state index contributed by atoms with van der Waals surface area (Å²) in [6, 6.07) is 7.87. The lowest BCUT2D eigenvalue weighted by atomic mass is 9.78. The molecule has 0 radical (unpaired) electrons. The largest absolute Gasteiger partial charge is 0.465 e. The van der Waals surface area contributed by atoms with Crippen LogP contribution in [0.25, 0.3) is 10.9 Å². The number of fused-ring (bicyclic) bond motifs is 3. The molecule has 6 N–H and O–H groups in total. The van der Waals surface area contributed by atoms with E-state index in [-0.39, 0.29) is 25.3 Å². The van der Waals surface area contributed by atoms with Crippen LogP contribution in [0.2, 0.25) is 15.1 Å². The molecule has 236 valence electrons. The van der Waals surface area contributed by atoms with Crippen LogP contribution in [0.4, 0.5) is 4.79 Å². The van der Waals surface area contributed by atoms with Crippen molar-refractivity contribution in [3.05, 3.63) is 68.3 Å². The van der Waals surface area contributed by atoms with Gasteiger partial charge in [-0.3, -0.25) is 19.3 Å². The van der Waals surface area contributed by atoms with E-state index in [4.69, 9.17) is 40.5 Å². The normalized spacial score (nSPS) is 17.7. The van der Waals surface area contributed by atoms with Gasteiger partial charge in [-0.05, 0) is 60.1 Å². The number of carboxylic acid groups (broad SMARTS) is 1. The molecule has 3 atom stereocenters. The van der Waals surface area contributed by atoms with E-state index in [1.807, 2.05) is 0 Å². The molecule has 1 aliphatic carbocycles. The number of amides is 4. The van der Waals surface area contributed by atoms with Crippen molar-refractivity contribution in [3.8, 4) is 0 Å². The number of nitrogens with one attached hydrogen (secondary N) is 3. The van der Waals surface area contributed by atoms with E-state index < -0.39 is 47.4 Å². The fraction of sp³-hybridized carbons (Fsp3) is 0.419. The van der Waals surface area contributed by atoms with E-state index in [0.717, 1.165) is 16.2 Å². The van der Waals surface area contributed by atoms with E-state index in [9.17, 15) is 24.3 Å². The van der Waals surface area contributed by atoms with E-state index in [1.54, 1.807) is 64.1 Å². The fourth-order valence-corrected chi connectivity index (χ4v) is 6.53. The minimum absolute atomic E-state index is 0.0369. The first-order valence-corrected chi connectivity index (χ1v) is 15.4. The Balaban J connectivity index is 1.76. The van der Waals surface area contributed by atoms with Crippen molar-refractivity contribution in [1.82, 2.24) is 20.5 Å². The lowest BCUT2D eigenvalue weighted by Crippen LogP contribution is -2.67. The number of nitrogens with two attached hydrogens (primary N) is 1. The van der Waals surface area contributed by atoms with Crippen LogP contribution in [0.15, 0.2) is 36.4 Å². The smallest absolute Gasteiger partial charge is 0.408 e. The van der Waals surface area contributed by atoms with E-state index >= 15 is 0 Å². The second-order valence-electron chi connectivity index (χ2n) is 12.0. The van der Waals surface area contributed by atoms with Crippen LogP contribution in [-0.4, -0.2) is 56.4 Å². The van der Waals surface area contributed by atoms with Gasteiger partial charge in [-0.15, -0.1) is 0 Å². The molecule has 44 heavy (non-hydrogen) atoms. The number of rotatable bonds is 10. The number of carbonyl (C=O) groups excluding carboxylic acids is 3. The zero-order valence-electron chi connectivity index (χ0n) is 24.8. The number of aromatic nitrogens is 1. The van der Waals surface area contributed by atoms with Crippen LogP contribution in [0.1, 0.15) is 50.9 Å². The number of H-pyrrole nitrogens is 1. The summed E-state index contributed by atoms with van der Waals surface area (Å²) >= 11 is 18.8. The highest BCUT2D eigenvalue weighted by atomic mass is 35.5. The molecule has 0 saturated heterocycles. The molecule has 0 spiro atoms. The van der Waals surface area contributed by atoms with Crippen molar-refractivity contribution in [2.24, 2.45) is 17.6 Å².